The number of hydrogen-bond acceptors (Lipinski definition) is 5. The Labute approximate surface area is 157 Å². The molecule has 0 spiro atoms. The van der Waals surface area contributed by atoms with Crippen LogP contribution in [0.25, 0.3) is 10.6 Å². The van der Waals surface area contributed by atoms with E-state index >= 15 is 0 Å². The Morgan fingerprint density at radius 3 is 2.41 bits per heavy atom. The molecule has 0 saturated heterocycles. The summed E-state index contributed by atoms with van der Waals surface area (Å²) >= 11 is 1.26. The molecular weight excluding hydrogens is 374 g/mol. The van der Waals surface area contributed by atoms with Gasteiger partial charge < -0.3 is 10.1 Å². The molecule has 3 rings (SSSR count). The van der Waals surface area contributed by atoms with Crippen molar-refractivity contribution in [3.8, 4) is 10.6 Å². The maximum atomic E-state index is 13.6. The lowest BCUT2D eigenvalue weighted by molar-refractivity contribution is -0.123. The lowest BCUT2D eigenvalue weighted by atomic mass is 10.2. The lowest BCUT2D eigenvalue weighted by Gasteiger charge is -2.13. The summed E-state index contributed by atoms with van der Waals surface area (Å²) in [6, 6.07) is 12.5. The topological polar surface area (TPSA) is 68.3 Å². The highest BCUT2D eigenvalue weighted by molar-refractivity contribution is 7.13. The van der Waals surface area contributed by atoms with Gasteiger partial charge in [0.15, 0.2) is 11.8 Å². The van der Waals surface area contributed by atoms with E-state index in [2.05, 4.69) is 10.3 Å². The highest BCUT2D eigenvalue weighted by Gasteiger charge is 2.23. The van der Waals surface area contributed by atoms with E-state index in [9.17, 15) is 18.4 Å². The molecule has 8 heteroatoms. The fourth-order valence-electron chi connectivity index (χ4n) is 2.20. The number of aromatic nitrogens is 1. The van der Waals surface area contributed by atoms with Gasteiger partial charge in [0.2, 0.25) is 0 Å². The van der Waals surface area contributed by atoms with Gasteiger partial charge in [-0.1, -0.05) is 36.4 Å². The number of carbonyl (C=O) groups excluding carboxylic acids is 2. The molecule has 1 N–H and O–H groups in total. The third-order valence-electron chi connectivity index (χ3n) is 3.60. The molecule has 1 atom stereocenters. The number of carbonyl (C=O) groups is 2. The zero-order chi connectivity index (χ0) is 19.4. The van der Waals surface area contributed by atoms with Crippen molar-refractivity contribution < 1.29 is 23.1 Å². The fraction of sp³-hybridized carbons (Fsp3) is 0.105. The van der Waals surface area contributed by atoms with Crippen LogP contribution in [0.15, 0.2) is 53.9 Å². The Bertz CT molecular complexity index is 956. The number of hydrogen-bond donors (Lipinski definition) is 1. The second kappa shape index (κ2) is 8.05. The summed E-state index contributed by atoms with van der Waals surface area (Å²) in [4.78, 5) is 28.5. The predicted octanol–water partition coefficient (Wildman–Crippen LogP) is 4.27. The summed E-state index contributed by atoms with van der Waals surface area (Å²) in [6.07, 6.45) is -1.27. The minimum absolute atomic E-state index is 0.0515. The zero-order valence-corrected chi connectivity index (χ0v) is 14.9. The Morgan fingerprint density at radius 1 is 1.07 bits per heavy atom. The third-order valence-corrected chi connectivity index (χ3v) is 4.49. The van der Waals surface area contributed by atoms with Crippen LogP contribution in [0.4, 0.5) is 14.5 Å². The van der Waals surface area contributed by atoms with Crippen molar-refractivity contribution in [2.45, 2.75) is 13.0 Å². The molecule has 1 amide bonds. The molecule has 5 nitrogen and oxygen atoms in total. The molecule has 0 aliphatic rings. The van der Waals surface area contributed by atoms with Gasteiger partial charge in [-0.25, -0.2) is 18.6 Å². The molecule has 0 radical (unpaired) electrons. The van der Waals surface area contributed by atoms with Crippen LogP contribution in [-0.2, 0) is 9.53 Å². The molecule has 0 aliphatic carbocycles. The SMILES string of the molecule is C[C@@H](OC(=O)c1csc(-c2ccccc2)n1)C(=O)Nc1c(F)cccc1F. The van der Waals surface area contributed by atoms with E-state index < -0.39 is 35.3 Å². The van der Waals surface area contributed by atoms with Crippen molar-refractivity contribution in [2.75, 3.05) is 5.32 Å². The number of para-hydroxylation sites is 1. The summed E-state index contributed by atoms with van der Waals surface area (Å²) < 4.78 is 32.2. The molecule has 3 aromatic rings. The molecule has 2 aromatic carbocycles. The van der Waals surface area contributed by atoms with Gasteiger partial charge in [0, 0.05) is 10.9 Å². The molecule has 1 heterocycles. The Hall–Kier alpha value is -3.13. The Kier molecular flexibility index (Phi) is 5.56. The standard InChI is InChI=1S/C19H14F2N2O3S/c1-11(17(24)23-16-13(20)8-5-9-14(16)21)26-19(25)15-10-27-18(22-15)12-6-3-2-4-7-12/h2-11H,1H3,(H,23,24)/t11-/m1/s1. The number of benzene rings is 2. The molecular formula is C19H14F2N2O3S. The number of nitrogens with zero attached hydrogens (tertiary/aromatic N) is 1. The third kappa shape index (κ3) is 4.35. The molecule has 27 heavy (non-hydrogen) atoms. The van der Waals surface area contributed by atoms with Crippen molar-refractivity contribution in [1.82, 2.24) is 4.98 Å². The molecule has 0 bridgehead atoms. The number of thiazole rings is 1. The number of anilines is 1. The minimum Gasteiger partial charge on any atom is -0.448 e. The second-order valence-electron chi connectivity index (χ2n) is 5.54. The highest BCUT2D eigenvalue weighted by Crippen LogP contribution is 2.24. The summed E-state index contributed by atoms with van der Waals surface area (Å²) in [6.45, 7) is 1.30. The van der Waals surface area contributed by atoms with Crippen LogP contribution in [0, 0.1) is 11.6 Å². The maximum Gasteiger partial charge on any atom is 0.358 e. The van der Waals surface area contributed by atoms with Crippen LogP contribution in [0.3, 0.4) is 0 Å². The second-order valence-corrected chi connectivity index (χ2v) is 6.40. The monoisotopic (exact) mass is 388 g/mol. The first kappa shape index (κ1) is 18.7. The van der Waals surface area contributed by atoms with Gasteiger partial charge in [-0.2, -0.15) is 0 Å². The molecule has 138 valence electrons. The number of esters is 1. The van der Waals surface area contributed by atoms with E-state index in [1.807, 2.05) is 30.3 Å². The van der Waals surface area contributed by atoms with Crippen LogP contribution < -0.4 is 5.32 Å². The quantitative estimate of drug-likeness (QED) is 0.663. The van der Waals surface area contributed by atoms with E-state index in [0.29, 0.717) is 5.01 Å². The van der Waals surface area contributed by atoms with Crippen LogP contribution >= 0.6 is 11.3 Å². The summed E-state index contributed by atoms with van der Waals surface area (Å²) in [5.41, 5.74) is 0.309. The number of amides is 1. The van der Waals surface area contributed by atoms with Crippen molar-refractivity contribution in [3.63, 3.8) is 0 Å². The maximum absolute atomic E-state index is 13.6. The number of halogens is 2. The zero-order valence-electron chi connectivity index (χ0n) is 14.1. The Balaban J connectivity index is 1.65. The first-order valence-corrected chi connectivity index (χ1v) is 8.80. The van der Waals surface area contributed by atoms with E-state index in [4.69, 9.17) is 4.74 Å². The van der Waals surface area contributed by atoms with E-state index in [-0.39, 0.29) is 5.69 Å². The van der Waals surface area contributed by atoms with Gasteiger partial charge in [0.25, 0.3) is 5.91 Å². The van der Waals surface area contributed by atoms with E-state index in [1.165, 1.54) is 29.7 Å². The van der Waals surface area contributed by atoms with E-state index in [0.717, 1.165) is 17.7 Å². The number of ether oxygens (including phenoxy) is 1. The summed E-state index contributed by atoms with van der Waals surface area (Å²) in [5, 5.41) is 4.23. The smallest absolute Gasteiger partial charge is 0.358 e. The van der Waals surface area contributed by atoms with Gasteiger partial charge in [0.05, 0.1) is 0 Å². The lowest BCUT2D eigenvalue weighted by Crippen LogP contribution is -2.30. The average Bonchev–Trinajstić information content (AvgIpc) is 3.15. The van der Waals surface area contributed by atoms with Crippen molar-refractivity contribution in [1.29, 1.82) is 0 Å². The summed E-state index contributed by atoms with van der Waals surface area (Å²) in [7, 11) is 0. The average molecular weight is 388 g/mol. The van der Waals surface area contributed by atoms with Crippen LogP contribution in [-0.4, -0.2) is 23.0 Å². The van der Waals surface area contributed by atoms with Gasteiger partial charge in [-0.15, -0.1) is 11.3 Å². The molecule has 0 fully saturated rings. The highest BCUT2D eigenvalue weighted by atomic mass is 32.1. The van der Waals surface area contributed by atoms with Crippen molar-refractivity contribution in [3.05, 3.63) is 71.2 Å². The first-order valence-electron chi connectivity index (χ1n) is 7.92. The largest absolute Gasteiger partial charge is 0.448 e. The van der Waals surface area contributed by atoms with Gasteiger partial charge in [0.1, 0.15) is 22.3 Å². The molecule has 1 aromatic heterocycles. The van der Waals surface area contributed by atoms with Gasteiger partial charge in [-0.05, 0) is 19.1 Å². The van der Waals surface area contributed by atoms with Gasteiger partial charge >= 0.3 is 5.97 Å². The Morgan fingerprint density at radius 2 is 1.74 bits per heavy atom. The van der Waals surface area contributed by atoms with Crippen LogP contribution in [0.1, 0.15) is 17.4 Å². The predicted molar refractivity (Wildman–Crippen MR) is 97.4 cm³/mol. The summed E-state index contributed by atoms with van der Waals surface area (Å²) in [5.74, 6) is -3.50. The normalized spacial score (nSPS) is 11.7. The van der Waals surface area contributed by atoms with Gasteiger partial charge in [-0.3, -0.25) is 4.79 Å². The minimum atomic E-state index is -1.27. The van der Waals surface area contributed by atoms with Crippen molar-refractivity contribution in [2.24, 2.45) is 0 Å². The first-order chi connectivity index (χ1) is 13.0. The molecule has 0 saturated carbocycles. The van der Waals surface area contributed by atoms with Crippen LogP contribution in [0.2, 0.25) is 0 Å². The molecule has 0 unspecified atom stereocenters. The van der Waals surface area contributed by atoms with Crippen LogP contribution in [0.5, 0.6) is 0 Å². The van der Waals surface area contributed by atoms with Crippen molar-refractivity contribution >= 4 is 28.9 Å². The number of nitrogens with one attached hydrogen (secondary N) is 1. The van der Waals surface area contributed by atoms with E-state index in [1.54, 1.807) is 0 Å². The molecule has 0 aliphatic heterocycles. The number of rotatable bonds is 5. The fourth-order valence-corrected chi connectivity index (χ4v) is 2.99.